The SMILES string of the molecule is CC(=O)N(C)c1cc(N2CCOCC2)cn2c(=O)c(O)c(C(=O)CCc3ccc(F)cc3)nc12. The summed E-state index contributed by atoms with van der Waals surface area (Å²) in [6.07, 6.45) is 1.79. The van der Waals surface area contributed by atoms with Crippen LogP contribution in [-0.4, -0.2) is 59.5 Å². The summed E-state index contributed by atoms with van der Waals surface area (Å²) in [5.74, 6) is -1.95. The first kappa shape index (κ1) is 23.4. The Morgan fingerprint density at radius 2 is 1.88 bits per heavy atom. The Bertz CT molecular complexity index is 1300. The minimum atomic E-state index is -0.802. The average Bonchev–Trinajstić information content (AvgIpc) is 2.85. The number of rotatable bonds is 6. The number of nitrogens with zero attached hydrogens (tertiary/aromatic N) is 4. The standard InChI is InChI=1S/C24H25FN4O5/c1-15(30)27(2)19-13-18(28-9-11-34-12-10-28)14-29-23(19)26-21(22(32)24(29)33)20(31)8-5-16-3-6-17(25)7-4-16/h3-4,6-7,13-14,32H,5,8-12H2,1-2H3. The van der Waals surface area contributed by atoms with Crippen molar-refractivity contribution >= 4 is 28.7 Å². The summed E-state index contributed by atoms with van der Waals surface area (Å²) >= 11 is 0. The Labute approximate surface area is 195 Å². The normalized spacial score (nSPS) is 13.8. The zero-order valence-corrected chi connectivity index (χ0v) is 19.0. The quantitative estimate of drug-likeness (QED) is 0.553. The molecule has 2 aromatic heterocycles. The summed E-state index contributed by atoms with van der Waals surface area (Å²) in [6, 6.07) is 7.47. The van der Waals surface area contributed by atoms with Crippen molar-refractivity contribution in [3.8, 4) is 5.75 Å². The second-order valence-electron chi connectivity index (χ2n) is 8.12. The van der Waals surface area contributed by atoms with Crippen LogP contribution in [0.4, 0.5) is 15.8 Å². The van der Waals surface area contributed by atoms with Crippen LogP contribution >= 0.6 is 0 Å². The predicted molar refractivity (Wildman–Crippen MR) is 124 cm³/mol. The average molecular weight is 468 g/mol. The summed E-state index contributed by atoms with van der Waals surface area (Å²) < 4.78 is 19.7. The first-order valence-electron chi connectivity index (χ1n) is 10.9. The van der Waals surface area contributed by atoms with E-state index in [2.05, 4.69) is 4.98 Å². The van der Waals surface area contributed by atoms with Gasteiger partial charge in [0.1, 0.15) is 5.82 Å². The molecule has 34 heavy (non-hydrogen) atoms. The van der Waals surface area contributed by atoms with Crippen LogP contribution in [0.2, 0.25) is 0 Å². The van der Waals surface area contributed by atoms with E-state index in [0.29, 0.717) is 37.7 Å². The lowest BCUT2D eigenvalue weighted by atomic mass is 10.1. The van der Waals surface area contributed by atoms with Crippen LogP contribution in [0.15, 0.2) is 41.3 Å². The Morgan fingerprint density at radius 1 is 1.21 bits per heavy atom. The number of aryl methyl sites for hydroxylation is 1. The van der Waals surface area contributed by atoms with Crippen LogP contribution in [0.1, 0.15) is 29.4 Å². The van der Waals surface area contributed by atoms with E-state index in [1.807, 2.05) is 4.90 Å². The van der Waals surface area contributed by atoms with Gasteiger partial charge in [-0.15, -0.1) is 0 Å². The zero-order chi connectivity index (χ0) is 24.4. The molecule has 0 saturated carbocycles. The number of aromatic hydroxyl groups is 1. The number of amides is 1. The smallest absolute Gasteiger partial charge is 0.300 e. The number of morpholine rings is 1. The summed E-state index contributed by atoms with van der Waals surface area (Å²) in [6.45, 7) is 3.63. The monoisotopic (exact) mass is 468 g/mol. The van der Waals surface area contributed by atoms with Gasteiger partial charge in [0.15, 0.2) is 17.1 Å². The minimum Gasteiger partial charge on any atom is -0.501 e. The molecular formula is C24H25FN4O5. The van der Waals surface area contributed by atoms with Gasteiger partial charge >= 0.3 is 5.56 Å². The van der Waals surface area contributed by atoms with Gasteiger partial charge in [0.2, 0.25) is 11.7 Å². The molecule has 4 rings (SSSR count). The number of fused-ring (bicyclic) bond motifs is 1. The van der Waals surface area contributed by atoms with Crippen LogP contribution < -0.4 is 15.4 Å². The fourth-order valence-corrected chi connectivity index (χ4v) is 3.83. The van der Waals surface area contributed by atoms with Crippen molar-refractivity contribution < 1.29 is 23.8 Å². The largest absolute Gasteiger partial charge is 0.501 e. The van der Waals surface area contributed by atoms with E-state index in [9.17, 15) is 23.9 Å². The van der Waals surface area contributed by atoms with Gasteiger partial charge in [0.05, 0.1) is 24.6 Å². The van der Waals surface area contributed by atoms with Crippen LogP contribution in [0.5, 0.6) is 5.75 Å². The molecule has 0 atom stereocenters. The van der Waals surface area contributed by atoms with Crippen molar-refractivity contribution in [3.63, 3.8) is 0 Å². The number of hydrogen-bond donors (Lipinski definition) is 1. The topological polar surface area (TPSA) is 104 Å². The van der Waals surface area contributed by atoms with Crippen LogP contribution in [0.25, 0.3) is 5.65 Å². The van der Waals surface area contributed by atoms with Gasteiger partial charge in [0.25, 0.3) is 0 Å². The predicted octanol–water partition coefficient (Wildman–Crippen LogP) is 2.17. The number of pyridine rings is 1. The third kappa shape index (κ3) is 4.62. The molecule has 1 aliphatic heterocycles. The highest BCUT2D eigenvalue weighted by Gasteiger charge is 2.24. The zero-order valence-electron chi connectivity index (χ0n) is 19.0. The molecular weight excluding hydrogens is 443 g/mol. The molecule has 1 aliphatic rings. The second kappa shape index (κ2) is 9.60. The van der Waals surface area contributed by atoms with Crippen LogP contribution in [0.3, 0.4) is 0 Å². The molecule has 1 N–H and O–H groups in total. The van der Waals surface area contributed by atoms with Crippen LogP contribution in [-0.2, 0) is 16.0 Å². The maximum Gasteiger partial charge on any atom is 0.300 e. The van der Waals surface area contributed by atoms with Gasteiger partial charge in [-0.2, -0.15) is 0 Å². The highest BCUT2D eigenvalue weighted by Crippen LogP contribution is 2.28. The highest BCUT2D eigenvalue weighted by molar-refractivity contribution is 5.99. The van der Waals surface area contributed by atoms with E-state index >= 15 is 0 Å². The van der Waals surface area contributed by atoms with Gasteiger partial charge in [0, 0.05) is 39.7 Å². The lowest BCUT2D eigenvalue weighted by Gasteiger charge is -2.30. The van der Waals surface area contributed by atoms with E-state index in [0.717, 1.165) is 9.96 Å². The fraction of sp³-hybridized carbons (Fsp3) is 0.333. The number of halogens is 1. The van der Waals surface area contributed by atoms with Gasteiger partial charge in [-0.3, -0.25) is 18.8 Å². The molecule has 0 spiro atoms. The van der Waals surface area contributed by atoms with E-state index < -0.39 is 17.1 Å². The summed E-state index contributed by atoms with van der Waals surface area (Å²) in [7, 11) is 1.55. The minimum absolute atomic E-state index is 0.0362. The number of carbonyl (C=O) groups is 2. The molecule has 1 aromatic carbocycles. The Balaban J connectivity index is 1.77. The van der Waals surface area contributed by atoms with Crippen molar-refractivity contribution in [2.75, 3.05) is 43.2 Å². The van der Waals surface area contributed by atoms with Crippen molar-refractivity contribution in [3.05, 3.63) is 64.0 Å². The van der Waals surface area contributed by atoms with E-state index in [1.54, 1.807) is 31.4 Å². The number of benzene rings is 1. The maximum atomic E-state index is 13.1. The number of ether oxygens (including phenoxy) is 1. The molecule has 178 valence electrons. The second-order valence-corrected chi connectivity index (χ2v) is 8.12. The fourth-order valence-electron chi connectivity index (χ4n) is 3.83. The molecule has 1 fully saturated rings. The van der Waals surface area contributed by atoms with Gasteiger partial charge < -0.3 is 19.6 Å². The lowest BCUT2D eigenvalue weighted by Crippen LogP contribution is -2.37. The van der Waals surface area contributed by atoms with E-state index in [-0.39, 0.29) is 35.9 Å². The number of hydrogen-bond acceptors (Lipinski definition) is 7. The summed E-state index contributed by atoms with van der Waals surface area (Å²) in [5, 5.41) is 10.6. The van der Waals surface area contributed by atoms with Crippen molar-refractivity contribution in [2.45, 2.75) is 19.8 Å². The molecule has 10 heteroatoms. The van der Waals surface area contributed by atoms with Gasteiger partial charge in [-0.1, -0.05) is 12.1 Å². The van der Waals surface area contributed by atoms with Gasteiger partial charge in [-0.25, -0.2) is 9.37 Å². The molecule has 1 amide bonds. The third-order valence-electron chi connectivity index (χ3n) is 5.89. The summed E-state index contributed by atoms with van der Waals surface area (Å²) in [5.41, 5.74) is 0.660. The number of ketones is 1. The molecule has 3 heterocycles. The Hall–Kier alpha value is -3.79. The van der Waals surface area contributed by atoms with Crippen LogP contribution in [0, 0.1) is 5.82 Å². The van der Waals surface area contributed by atoms with Crippen molar-refractivity contribution in [1.82, 2.24) is 9.38 Å². The molecule has 9 nitrogen and oxygen atoms in total. The first-order chi connectivity index (χ1) is 16.3. The highest BCUT2D eigenvalue weighted by atomic mass is 19.1. The number of aromatic nitrogens is 2. The maximum absolute atomic E-state index is 13.1. The number of carbonyl (C=O) groups excluding carboxylic acids is 2. The van der Waals surface area contributed by atoms with Crippen molar-refractivity contribution in [2.24, 2.45) is 0 Å². The van der Waals surface area contributed by atoms with Crippen molar-refractivity contribution in [1.29, 1.82) is 0 Å². The first-order valence-corrected chi connectivity index (χ1v) is 10.9. The molecule has 0 aliphatic carbocycles. The van der Waals surface area contributed by atoms with E-state index in [4.69, 9.17) is 4.74 Å². The molecule has 1 saturated heterocycles. The molecule has 3 aromatic rings. The number of anilines is 2. The summed E-state index contributed by atoms with van der Waals surface area (Å²) in [4.78, 5) is 45.8. The molecule has 0 radical (unpaired) electrons. The number of Topliss-reactive ketones (excluding diaryl/α,β-unsaturated/α-hetero) is 1. The third-order valence-corrected chi connectivity index (χ3v) is 5.89. The lowest BCUT2D eigenvalue weighted by molar-refractivity contribution is -0.116. The van der Waals surface area contributed by atoms with Gasteiger partial charge in [-0.05, 0) is 30.2 Å². The Morgan fingerprint density at radius 3 is 2.53 bits per heavy atom. The molecule has 0 unspecified atom stereocenters. The molecule has 0 bridgehead atoms. The van der Waals surface area contributed by atoms with E-state index in [1.165, 1.54) is 24.0 Å². The Kier molecular flexibility index (Phi) is 6.60.